The van der Waals surface area contributed by atoms with Crippen LogP contribution in [0.1, 0.15) is 11.1 Å². The lowest BCUT2D eigenvalue weighted by Gasteiger charge is -2.24. The Morgan fingerprint density at radius 1 is 1.58 bits per heavy atom. The monoisotopic (exact) mass is 283 g/mol. The summed E-state index contributed by atoms with van der Waals surface area (Å²) in [4.78, 5) is 11.8. The minimum Gasteiger partial charge on any atom is -0.345 e. The predicted octanol–water partition coefficient (Wildman–Crippen LogP) is -0.325. The summed E-state index contributed by atoms with van der Waals surface area (Å²) in [5.41, 5.74) is 1.13. The van der Waals surface area contributed by atoms with Crippen molar-refractivity contribution in [2.45, 2.75) is 12.8 Å². The number of carbonyl (C=O) groups is 1. The summed E-state index contributed by atoms with van der Waals surface area (Å²) >= 11 is 1.35. The van der Waals surface area contributed by atoms with Crippen molar-refractivity contribution in [1.29, 1.82) is 0 Å². The van der Waals surface area contributed by atoms with Crippen LogP contribution >= 0.6 is 12.1 Å². The zero-order chi connectivity index (χ0) is 13.9. The molecule has 1 saturated heterocycles. The van der Waals surface area contributed by atoms with E-state index in [1.807, 2.05) is 17.3 Å². The first-order valence-corrected chi connectivity index (χ1v) is 6.72. The molecule has 0 aromatic heterocycles. The standard InChI is InChI=1S/C12H17N3O3S/c1-9-3-2-4-10(7-9)12(17,18)14-11(16)8-15-6-5-13-19-15/h2-4,7,13,17-18H,5-6,8H2,1H3,(H,14,16). The Labute approximate surface area is 116 Å². The van der Waals surface area contributed by atoms with Crippen LogP contribution in [0.5, 0.6) is 0 Å². The number of rotatable bonds is 4. The van der Waals surface area contributed by atoms with E-state index in [0.717, 1.165) is 18.7 Å². The molecule has 1 amide bonds. The van der Waals surface area contributed by atoms with Crippen molar-refractivity contribution >= 4 is 18.0 Å². The van der Waals surface area contributed by atoms with Crippen LogP contribution in [0.2, 0.25) is 0 Å². The Bertz CT molecular complexity index is 461. The molecular weight excluding hydrogens is 266 g/mol. The van der Waals surface area contributed by atoms with Gasteiger partial charge in [-0.05, 0) is 13.0 Å². The fraction of sp³-hybridized carbons (Fsp3) is 0.417. The zero-order valence-corrected chi connectivity index (χ0v) is 11.4. The number of aryl methyl sites for hydroxylation is 1. The highest BCUT2D eigenvalue weighted by Crippen LogP contribution is 2.17. The van der Waals surface area contributed by atoms with Gasteiger partial charge in [0.15, 0.2) is 0 Å². The number of carbonyl (C=O) groups excluding carboxylic acids is 1. The van der Waals surface area contributed by atoms with Gasteiger partial charge in [0.2, 0.25) is 5.91 Å². The largest absolute Gasteiger partial charge is 0.345 e. The van der Waals surface area contributed by atoms with Gasteiger partial charge in [0.1, 0.15) is 0 Å². The maximum atomic E-state index is 11.8. The van der Waals surface area contributed by atoms with Gasteiger partial charge in [-0.25, -0.2) is 9.03 Å². The van der Waals surface area contributed by atoms with E-state index in [1.165, 1.54) is 12.1 Å². The van der Waals surface area contributed by atoms with E-state index in [2.05, 4.69) is 10.0 Å². The second-order valence-corrected chi connectivity index (χ2v) is 5.43. The third-order valence-electron chi connectivity index (χ3n) is 2.71. The van der Waals surface area contributed by atoms with E-state index in [9.17, 15) is 15.0 Å². The molecule has 6 nitrogen and oxygen atoms in total. The van der Waals surface area contributed by atoms with Crippen LogP contribution < -0.4 is 10.0 Å². The van der Waals surface area contributed by atoms with Crippen molar-refractivity contribution in [2.24, 2.45) is 0 Å². The predicted molar refractivity (Wildman–Crippen MR) is 72.6 cm³/mol. The Morgan fingerprint density at radius 2 is 2.37 bits per heavy atom. The van der Waals surface area contributed by atoms with Gasteiger partial charge in [0.25, 0.3) is 5.91 Å². The van der Waals surface area contributed by atoms with Gasteiger partial charge < -0.3 is 15.5 Å². The minimum atomic E-state index is -2.35. The summed E-state index contributed by atoms with van der Waals surface area (Å²) in [7, 11) is 0. The lowest BCUT2D eigenvalue weighted by atomic mass is 10.1. The molecule has 104 valence electrons. The summed E-state index contributed by atoms with van der Waals surface area (Å²) in [6, 6.07) is 6.72. The summed E-state index contributed by atoms with van der Waals surface area (Å²) in [6.07, 6.45) is 0. The highest BCUT2D eigenvalue weighted by atomic mass is 32.2. The summed E-state index contributed by atoms with van der Waals surface area (Å²) in [5.74, 6) is -2.79. The van der Waals surface area contributed by atoms with Crippen molar-refractivity contribution < 1.29 is 15.0 Å². The van der Waals surface area contributed by atoms with Gasteiger partial charge in [-0.15, -0.1) is 0 Å². The Kier molecular flexibility index (Phi) is 4.43. The van der Waals surface area contributed by atoms with Crippen molar-refractivity contribution in [3.05, 3.63) is 35.4 Å². The molecule has 1 aliphatic rings. The Morgan fingerprint density at radius 3 is 3.00 bits per heavy atom. The molecule has 2 rings (SSSR count). The number of benzene rings is 1. The zero-order valence-electron chi connectivity index (χ0n) is 10.6. The summed E-state index contributed by atoms with van der Waals surface area (Å²) in [5, 5.41) is 22.1. The molecule has 1 aromatic rings. The maximum absolute atomic E-state index is 11.8. The molecule has 0 aliphatic carbocycles. The number of amides is 1. The summed E-state index contributed by atoms with van der Waals surface area (Å²) < 4.78 is 4.82. The highest BCUT2D eigenvalue weighted by molar-refractivity contribution is 7.95. The van der Waals surface area contributed by atoms with E-state index in [-0.39, 0.29) is 12.1 Å². The normalized spacial score (nSPS) is 16.6. The first-order chi connectivity index (χ1) is 8.97. The smallest absolute Gasteiger partial charge is 0.274 e. The van der Waals surface area contributed by atoms with Crippen LogP contribution in [-0.2, 0) is 10.7 Å². The molecule has 1 aromatic carbocycles. The van der Waals surface area contributed by atoms with Gasteiger partial charge in [0.05, 0.1) is 6.54 Å². The molecule has 0 radical (unpaired) electrons. The van der Waals surface area contributed by atoms with E-state index < -0.39 is 11.8 Å². The van der Waals surface area contributed by atoms with Crippen molar-refractivity contribution in [3.8, 4) is 0 Å². The van der Waals surface area contributed by atoms with E-state index in [4.69, 9.17) is 0 Å². The molecule has 7 heteroatoms. The Balaban J connectivity index is 1.97. The molecule has 0 saturated carbocycles. The molecule has 1 heterocycles. The van der Waals surface area contributed by atoms with Gasteiger partial charge in [-0.1, -0.05) is 23.8 Å². The van der Waals surface area contributed by atoms with Crippen molar-refractivity contribution in [3.63, 3.8) is 0 Å². The van der Waals surface area contributed by atoms with Crippen LogP contribution in [0.3, 0.4) is 0 Å². The maximum Gasteiger partial charge on any atom is 0.274 e. The van der Waals surface area contributed by atoms with Gasteiger partial charge in [-0.2, -0.15) is 0 Å². The van der Waals surface area contributed by atoms with Crippen LogP contribution in [0.4, 0.5) is 0 Å². The molecule has 4 N–H and O–H groups in total. The van der Waals surface area contributed by atoms with E-state index >= 15 is 0 Å². The number of hydrogen-bond donors (Lipinski definition) is 4. The topological polar surface area (TPSA) is 84.8 Å². The fourth-order valence-corrected chi connectivity index (χ4v) is 2.52. The van der Waals surface area contributed by atoms with Gasteiger partial charge in [-0.3, -0.25) is 4.79 Å². The molecular formula is C12H17N3O3S. The molecule has 0 unspecified atom stereocenters. The third-order valence-corrected chi connectivity index (χ3v) is 3.61. The second-order valence-electron chi connectivity index (χ2n) is 4.44. The van der Waals surface area contributed by atoms with E-state index in [0.29, 0.717) is 0 Å². The number of aliphatic hydroxyl groups is 2. The third kappa shape index (κ3) is 3.92. The average Bonchev–Trinajstić information content (AvgIpc) is 2.81. The highest BCUT2D eigenvalue weighted by Gasteiger charge is 2.29. The summed E-state index contributed by atoms with van der Waals surface area (Å²) in [6.45, 7) is 3.49. The van der Waals surface area contributed by atoms with E-state index in [1.54, 1.807) is 18.2 Å². The Hall–Kier alpha value is -1.12. The van der Waals surface area contributed by atoms with Crippen LogP contribution in [0, 0.1) is 6.92 Å². The van der Waals surface area contributed by atoms with Crippen LogP contribution in [0.25, 0.3) is 0 Å². The molecule has 1 aliphatic heterocycles. The quantitative estimate of drug-likeness (QED) is 0.447. The van der Waals surface area contributed by atoms with Gasteiger partial charge in [0, 0.05) is 30.8 Å². The van der Waals surface area contributed by atoms with Crippen LogP contribution in [-0.4, -0.2) is 40.1 Å². The minimum absolute atomic E-state index is 0.104. The molecule has 19 heavy (non-hydrogen) atoms. The van der Waals surface area contributed by atoms with Crippen molar-refractivity contribution in [1.82, 2.24) is 14.3 Å². The fourth-order valence-electron chi connectivity index (χ4n) is 1.79. The first kappa shape index (κ1) is 14.3. The molecule has 0 atom stereocenters. The number of nitrogens with one attached hydrogen (secondary N) is 2. The lowest BCUT2D eigenvalue weighted by Crippen LogP contribution is -2.48. The average molecular weight is 283 g/mol. The van der Waals surface area contributed by atoms with Crippen molar-refractivity contribution in [2.75, 3.05) is 19.6 Å². The molecule has 0 spiro atoms. The number of hydrogen-bond acceptors (Lipinski definition) is 6. The van der Waals surface area contributed by atoms with Crippen LogP contribution in [0.15, 0.2) is 24.3 Å². The first-order valence-electron chi connectivity index (χ1n) is 5.95. The molecule has 0 bridgehead atoms. The second kappa shape index (κ2) is 5.89. The number of nitrogens with zero attached hydrogens (tertiary/aromatic N) is 1. The lowest BCUT2D eigenvalue weighted by molar-refractivity contribution is -0.197. The van der Waals surface area contributed by atoms with Gasteiger partial charge >= 0.3 is 0 Å². The SMILES string of the molecule is Cc1cccc(C(O)(O)NC(=O)CN2CCNS2)c1. The molecule has 1 fully saturated rings.